The summed E-state index contributed by atoms with van der Waals surface area (Å²) in [5.74, 6) is -0.284. The molecule has 1 fully saturated rings. The highest BCUT2D eigenvalue weighted by Crippen LogP contribution is 2.31. The standard InChI is InChI=1S/C22H20F3N5O3/c1-15-18(14-26-29(15)17-6-4-5-16(13-17)22(23,24)25)21(31)28-11-9-27(10-12-28)19-7-2-3-8-20(19)30(32)33/h2-8,13-14H,9-12H2,1H3. The van der Waals surface area contributed by atoms with Crippen LogP contribution in [0.15, 0.2) is 54.7 Å². The number of amides is 1. The molecule has 0 N–H and O–H groups in total. The van der Waals surface area contributed by atoms with E-state index in [9.17, 15) is 28.1 Å². The maximum Gasteiger partial charge on any atom is 0.416 e. The molecule has 1 aromatic heterocycles. The van der Waals surface area contributed by atoms with Crippen molar-refractivity contribution < 1.29 is 22.9 Å². The minimum atomic E-state index is -4.48. The van der Waals surface area contributed by atoms with Gasteiger partial charge in [-0.2, -0.15) is 18.3 Å². The summed E-state index contributed by atoms with van der Waals surface area (Å²) >= 11 is 0. The predicted octanol–water partition coefficient (Wildman–Crippen LogP) is 4.07. The van der Waals surface area contributed by atoms with E-state index < -0.39 is 16.7 Å². The number of halogens is 3. The zero-order chi connectivity index (χ0) is 23.8. The number of hydrogen-bond donors (Lipinski definition) is 0. The van der Waals surface area contributed by atoms with E-state index in [1.165, 1.54) is 29.1 Å². The Hall–Kier alpha value is -3.89. The number of hydrogen-bond acceptors (Lipinski definition) is 5. The molecule has 0 bridgehead atoms. The van der Waals surface area contributed by atoms with E-state index in [1.807, 2.05) is 4.90 Å². The molecule has 4 rings (SSSR count). The first-order valence-corrected chi connectivity index (χ1v) is 10.2. The Balaban J connectivity index is 1.50. The van der Waals surface area contributed by atoms with Gasteiger partial charge in [-0.3, -0.25) is 14.9 Å². The molecule has 0 saturated carbocycles. The number of carbonyl (C=O) groups is 1. The smallest absolute Gasteiger partial charge is 0.362 e. The number of nitro groups is 1. The molecule has 172 valence electrons. The summed E-state index contributed by atoms with van der Waals surface area (Å²) < 4.78 is 40.5. The minimum absolute atomic E-state index is 0.00971. The van der Waals surface area contributed by atoms with E-state index in [2.05, 4.69) is 5.10 Å². The van der Waals surface area contributed by atoms with Crippen molar-refractivity contribution in [1.29, 1.82) is 0 Å². The second-order valence-corrected chi connectivity index (χ2v) is 7.63. The molecule has 8 nitrogen and oxygen atoms in total. The molecule has 0 aliphatic carbocycles. The van der Waals surface area contributed by atoms with Crippen LogP contribution in [-0.2, 0) is 6.18 Å². The summed E-state index contributed by atoms with van der Waals surface area (Å²) in [6.45, 7) is 3.15. The summed E-state index contributed by atoms with van der Waals surface area (Å²) in [5, 5.41) is 15.4. The van der Waals surface area contributed by atoms with Crippen LogP contribution in [0.2, 0.25) is 0 Å². The number of piperazine rings is 1. The lowest BCUT2D eigenvalue weighted by Crippen LogP contribution is -2.49. The predicted molar refractivity (Wildman–Crippen MR) is 115 cm³/mol. The van der Waals surface area contributed by atoms with Gasteiger partial charge < -0.3 is 9.80 Å². The Labute approximate surface area is 187 Å². The van der Waals surface area contributed by atoms with Crippen molar-refractivity contribution in [3.8, 4) is 5.69 Å². The van der Waals surface area contributed by atoms with Crippen molar-refractivity contribution >= 4 is 17.3 Å². The van der Waals surface area contributed by atoms with Crippen molar-refractivity contribution in [1.82, 2.24) is 14.7 Å². The lowest BCUT2D eigenvalue weighted by atomic mass is 10.1. The third kappa shape index (κ3) is 4.38. The van der Waals surface area contributed by atoms with Gasteiger partial charge in [-0.15, -0.1) is 0 Å². The number of anilines is 1. The van der Waals surface area contributed by atoms with Gasteiger partial charge in [0.15, 0.2) is 0 Å². The number of benzene rings is 2. The number of para-hydroxylation sites is 2. The summed E-state index contributed by atoms with van der Waals surface area (Å²) in [6.07, 6.45) is -3.13. The monoisotopic (exact) mass is 459 g/mol. The van der Waals surface area contributed by atoms with Gasteiger partial charge in [-0.25, -0.2) is 4.68 Å². The van der Waals surface area contributed by atoms with Crippen LogP contribution in [0.3, 0.4) is 0 Å². The Kier molecular flexibility index (Phi) is 5.79. The number of aromatic nitrogens is 2. The largest absolute Gasteiger partial charge is 0.416 e. The molecule has 3 aromatic rings. The van der Waals surface area contributed by atoms with Crippen LogP contribution >= 0.6 is 0 Å². The van der Waals surface area contributed by atoms with Crippen LogP contribution in [0, 0.1) is 17.0 Å². The molecular formula is C22H20F3N5O3. The molecule has 0 atom stereocenters. The maximum atomic E-state index is 13.1. The number of nitro benzene ring substituents is 1. The highest BCUT2D eigenvalue weighted by molar-refractivity contribution is 5.95. The molecule has 1 aliphatic heterocycles. The highest BCUT2D eigenvalue weighted by Gasteiger charge is 2.31. The van der Waals surface area contributed by atoms with Crippen LogP contribution in [-0.4, -0.2) is 51.7 Å². The quantitative estimate of drug-likeness (QED) is 0.434. The van der Waals surface area contributed by atoms with Gasteiger partial charge in [0.1, 0.15) is 5.69 Å². The van der Waals surface area contributed by atoms with Gasteiger partial charge >= 0.3 is 6.18 Å². The topological polar surface area (TPSA) is 84.5 Å². The fourth-order valence-electron chi connectivity index (χ4n) is 3.90. The van der Waals surface area contributed by atoms with Crippen LogP contribution in [0.1, 0.15) is 21.6 Å². The molecule has 2 aromatic carbocycles. The Morgan fingerprint density at radius 1 is 1.06 bits per heavy atom. The van der Waals surface area contributed by atoms with Gasteiger partial charge in [-0.1, -0.05) is 18.2 Å². The second-order valence-electron chi connectivity index (χ2n) is 7.63. The average Bonchev–Trinajstić information content (AvgIpc) is 3.19. The maximum absolute atomic E-state index is 13.1. The van der Waals surface area contributed by atoms with Crippen LogP contribution in [0.25, 0.3) is 5.69 Å². The number of carbonyl (C=O) groups excluding carboxylic acids is 1. The first-order chi connectivity index (χ1) is 15.7. The van der Waals surface area contributed by atoms with Crippen molar-refractivity contribution in [3.63, 3.8) is 0 Å². The number of alkyl halides is 3. The van der Waals surface area contributed by atoms with Crippen molar-refractivity contribution in [2.75, 3.05) is 31.1 Å². The van der Waals surface area contributed by atoms with E-state index in [-0.39, 0.29) is 17.3 Å². The Morgan fingerprint density at radius 2 is 1.76 bits per heavy atom. The van der Waals surface area contributed by atoms with Gasteiger partial charge in [0.05, 0.1) is 33.6 Å². The third-order valence-electron chi connectivity index (χ3n) is 5.64. The average molecular weight is 459 g/mol. The van der Waals surface area contributed by atoms with Gasteiger partial charge in [0.25, 0.3) is 11.6 Å². The zero-order valence-corrected chi connectivity index (χ0v) is 17.6. The SMILES string of the molecule is Cc1c(C(=O)N2CCN(c3ccccc3[N+](=O)[O-])CC2)cnn1-c1cccc(C(F)(F)F)c1. The molecule has 33 heavy (non-hydrogen) atoms. The summed E-state index contributed by atoms with van der Waals surface area (Å²) in [6, 6.07) is 11.2. The Bertz CT molecular complexity index is 1200. The number of rotatable bonds is 4. The van der Waals surface area contributed by atoms with E-state index in [0.29, 0.717) is 43.1 Å². The first-order valence-electron chi connectivity index (χ1n) is 10.2. The fraction of sp³-hybridized carbons (Fsp3) is 0.273. The first kappa shape index (κ1) is 22.3. The van der Waals surface area contributed by atoms with Crippen LogP contribution in [0.5, 0.6) is 0 Å². The lowest BCUT2D eigenvalue weighted by molar-refractivity contribution is -0.384. The van der Waals surface area contributed by atoms with Crippen molar-refractivity contribution in [2.24, 2.45) is 0 Å². The van der Waals surface area contributed by atoms with Gasteiger partial charge in [0.2, 0.25) is 0 Å². The van der Waals surface area contributed by atoms with E-state index in [0.717, 1.165) is 12.1 Å². The van der Waals surface area contributed by atoms with Crippen molar-refractivity contribution in [2.45, 2.75) is 13.1 Å². The minimum Gasteiger partial charge on any atom is -0.362 e. The molecular weight excluding hydrogens is 439 g/mol. The molecule has 0 radical (unpaired) electrons. The molecule has 2 heterocycles. The summed E-state index contributed by atoms with van der Waals surface area (Å²) in [7, 11) is 0. The van der Waals surface area contributed by atoms with E-state index in [4.69, 9.17) is 0 Å². The van der Waals surface area contributed by atoms with Crippen LogP contribution in [0.4, 0.5) is 24.5 Å². The zero-order valence-electron chi connectivity index (χ0n) is 17.6. The normalized spacial score (nSPS) is 14.4. The van der Waals surface area contributed by atoms with Gasteiger partial charge in [0, 0.05) is 32.2 Å². The van der Waals surface area contributed by atoms with Gasteiger partial charge in [-0.05, 0) is 31.2 Å². The molecule has 1 saturated heterocycles. The lowest BCUT2D eigenvalue weighted by Gasteiger charge is -2.35. The van der Waals surface area contributed by atoms with Crippen LogP contribution < -0.4 is 4.90 Å². The molecule has 0 unspecified atom stereocenters. The molecule has 11 heteroatoms. The molecule has 1 aliphatic rings. The van der Waals surface area contributed by atoms with E-state index in [1.54, 1.807) is 30.0 Å². The fourth-order valence-corrected chi connectivity index (χ4v) is 3.90. The Morgan fingerprint density at radius 3 is 2.42 bits per heavy atom. The highest BCUT2D eigenvalue weighted by atomic mass is 19.4. The number of nitrogens with zero attached hydrogens (tertiary/aromatic N) is 5. The third-order valence-corrected chi connectivity index (χ3v) is 5.64. The summed E-state index contributed by atoms with van der Waals surface area (Å²) in [4.78, 5) is 27.4. The molecule has 0 spiro atoms. The van der Waals surface area contributed by atoms with E-state index >= 15 is 0 Å². The molecule has 1 amide bonds. The van der Waals surface area contributed by atoms with Crippen molar-refractivity contribution in [3.05, 3.63) is 81.7 Å². The second kappa shape index (κ2) is 8.57. The summed E-state index contributed by atoms with van der Waals surface area (Å²) in [5.41, 5.74) is 0.655.